The molecule has 0 fully saturated rings. The van der Waals surface area contributed by atoms with Crippen molar-refractivity contribution in [1.29, 1.82) is 0 Å². The zero-order chi connectivity index (χ0) is 13.7. The summed E-state index contributed by atoms with van der Waals surface area (Å²) < 4.78 is 1.84. The number of aryl methyl sites for hydroxylation is 1. The van der Waals surface area contributed by atoms with Crippen molar-refractivity contribution >= 4 is 11.3 Å². The average Bonchev–Trinajstić information content (AvgIpc) is 2.99. The molecule has 1 N–H and O–H groups in total. The number of hydrogen-bond acceptors (Lipinski definition) is 4. The Hall–Kier alpha value is -1.43. The van der Waals surface area contributed by atoms with Crippen molar-refractivity contribution in [3.8, 4) is 10.6 Å². The van der Waals surface area contributed by atoms with Crippen molar-refractivity contribution in [2.24, 2.45) is 7.05 Å². The Morgan fingerprint density at radius 3 is 3.05 bits per heavy atom. The molecule has 0 aliphatic heterocycles. The third-order valence-electron chi connectivity index (χ3n) is 2.86. The molecule has 4 nitrogen and oxygen atoms in total. The lowest BCUT2D eigenvalue weighted by molar-refractivity contribution is 0.203. The third kappa shape index (κ3) is 3.53. The third-order valence-corrected chi connectivity index (χ3v) is 3.73. The van der Waals surface area contributed by atoms with Gasteiger partial charge < -0.3 is 5.11 Å². The van der Waals surface area contributed by atoms with Crippen LogP contribution in [0.25, 0.3) is 10.6 Å². The van der Waals surface area contributed by atoms with Crippen molar-refractivity contribution < 1.29 is 5.11 Å². The van der Waals surface area contributed by atoms with Crippen LogP contribution in [0.3, 0.4) is 0 Å². The van der Waals surface area contributed by atoms with E-state index in [9.17, 15) is 0 Å². The summed E-state index contributed by atoms with van der Waals surface area (Å²) in [6, 6.07) is 4.12. The first kappa shape index (κ1) is 14.0. The molecule has 5 heteroatoms. The molecule has 0 saturated heterocycles. The molecule has 102 valence electrons. The van der Waals surface area contributed by atoms with Gasteiger partial charge in [0.05, 0.1) is 11.5 Å². The first-order valence-electron chi connectivity index (χ1n) is 6.25. The topological polar surface area (TPSA) is 41.3 Å². The van der Waals surface area contributed by atoms with Crippen LogP contribution in [-0.2, 0) is 13.6 Å². The maximum Gasteiger partial charge on any atom is 0.107 e. The second-order valence-corrected chi connectivity index (χ2v) is 5.35. The minimum atomic E-state index is 0.155. The summed E-state index contributed by atoms with van der Waals surface area (Å²) in [7, 11) is 1.94. The van der Waals surface area contributed by atoms with Crippen LogP contribution in [0.15, 0.2) is 36.4 Å². The Kier molecular flexibility index (Phi) is 4.90. The zero-order valence-electron chi connectivity index (χ0n) is 11.1. The normalized spacial score (nSPS) is 11.1. The zero-order valence-corrected chi connectivity index (χ0v) is 11.9. The van der Waals surface area contributed by atoms with Crippen LogP contribution >= 0.6 is 11.3 Å². The second kappa shape index (κ2) is 6.65. The Morgan fingerprint density at radius 2 is 2.42 bits per heavy atom. The lowest BCUT2D eigenvalue weighted by atomic mass is 10.2. The van der Waals surface area contributed by atoms with Gasteiger partial charge in [0.25, 0.3) is 0 Å². The monoisotopic (exact) mass is 277 g/mol. The average molecular weight is 277 g/mol. The molecule has 0 unspecified atom stereocenters. The van der Waals surface area contributed by atoms with E-state index in [2.05, 4.69) is 28.0 Å². The number of aliphatic hydroxyl groups is 1. The maximum atomic E-state index is 9.11. The number of aliphatic hydroxyl groups excluding tert-OH is 1. The maximum absolute atomic E-state index is 9.11. The molecule has 2 aromatic heterocycles. The minimum Gasteiger partial charge on any atom is -0.395 e. The van der Waals surface area contributed by atoms with Crippen molar-refractivity contribution in [1.82, 2.24) is 14.7 Å². The molecule has 0 radical (unpaired) electrons. The lowest BCUT2D eigenvalue weighted by Gasteiger charge is -2.18. The number of nitrogens with zero attached hydrogens (tertiary/aromatic N) is 3. The molecule has 0 aliphatic carbocycles. The molecule has 19 heavy (non-hydrogen) atoms. The van der Waals surface area contributed by atoms with E-state index in [1.807, 2.05) is 30.1 Å². The van der Waals surface area contributed by atoms with Gasteiger partial charge in [-0.2, -0.15) is 5.10 Å². The van der Waals surface area contributed by atoms with Crippen LogP contribution in [-0.4, -0.2) is 39.5 Å². The van der Waals surface area contributed by atoms with Gasteiger partial charge in [-0.1, -0.05) is 12.1 Å². The molecule has 0 amide bonds. The Labute approximate surface area is 117 Å². The van der Waals surface area contributed by atoms with Gasteiger partial charge in [-0.25, -0.2) is 0 Å². The number of hydrogen-bond donors (Lipinski definition) is 1. The van der Waals surface area contributed by atoms with Gasteiger partial charge in [0.2, 0.25) is 0 Å². The Morgan fingerprint density at radius 1 is 1.58 bits per heavy atom. The fourth-order valence-electron chi connectivity index (χ4n) is 2.07. The fourth-order valence-corrected chi connectivity index (χ4v) is 2.82. The summed E-state index contributed by atoms with van der Waals surface area (Å²) >= 11 is 1.69. The summed E-state index contributed by atoms with van der Waals surface area (Å²) in [6.07, 6.45) is 3.90. The highest BCUT2D eigenvalue weighted by Crippen LogP contribution is 2.27. The highest BCUT2D eigenvalue weighted by Gasteiger charge is 2.13. The second-order valence-electron chi connectivity index (χ2n) is 4.40. The van der Waals surface area contributed by atoms with Crippen LogP contribution in [0.5, 0.6) is 0 Å². The molecule has 0 aromatic carbocycles. The van der Waals surface area contributed by atoms with Crippen molar-refractivity contribution in [3.63, 3.8) is 0 Å². The van der Waals surface area contributed by atoms with Gasteiger partial charge in [-0.15, -0.1) is 17.9 Å². The van der Waals surface area contributed by atoms with Crippen LogP contribution in [0.2, 0.25) is 0 Å². The summed E-state index contributed by atoms with van der Waals surface area (Å²) in [4.78, 5) is 3.33. The number of rotatable bonds is 7. The van der Waals surface area contributed by atoms with Crippen LogP contribution in [0, 0.1) is 0 Å². The molecule has 0 aliphatic rings. The van der Waals surface area contributed by atoms with Crippen LogP contribution in [0.1, 0.15) is 5.56 Å². The predicted molar refractivity (Wildman–Crippen MR) is 79.1 cm³/mol. The van der Waals surface area contributed by atoms with Gasteiger partial charge in [0.1, 0.15) is 5.69 Å². The van der Waals surface area contributed by atoms with Crippen LogP contribution in [0.4, 0.5) is 0 Å². The van der Waals surface area contributed by atoms with Gasteiger partial charge in [-0.05, 0) is 11.4 Å². The van der Waals surface area contributed by atoms with Gasteiger partial charge in [-0.3, -0.25) is 9.58 Å². The molecule has 2 rings (SSSR count). The summed E-state index contributed by atoms with van der Waals surface area (Å²) in [5.74, 6) is 0. The van der Waals surface area contributed by atoms with E-state index in [1.54, 1.807) is 11.3 Å². The van der Waals surface area contributed by atoms with Crippen molar-refractivity contribution in [3.05, 3.63) is 41.9 Å². The van der Waals surface area contributed by atoms with E-state index in [-0.39, 0.29) is 6.61 Å². The van der Waals surface area contributed by atoms with Crippen LogP contribution < -0.4 is 0 Å². The van der Waals surface area contributed by atoms with E-state index in [4.69, 9.17) is 5.11 Å². The molecule has 0 bridgehead atoms. The molecular formula is C14H19N3OS. The molecule has 0 spiro atoms. The van der Waals surface area contributed by atoms with Gasteiger partial charge in [0, 0.05) is 38.4 Å². The lowest BCUT2D eigenvalue weighted by Crippen LogP contribution is -2.26. The molecule has 2 heterocycles. The Bertz CT molecular complexity index is 519. The largest absolute Gasteiger partial charge is 0.395 e. The quantitative estimate of drug-likeness (QED) is 0.788. The van der Waals surface area contributed by atoms with E-state index >= 15 is 0 Å². The number of thiophene rings is 1. The summed E-state index contributed by atoms with van der Waals surface area (Å²) in [5.41, 5.74) is 2.21. The molecular weight excluding hydrogens is 258 g/mol. The molecule has 0 atom stereocenters. The van der Waals surface area contributed by atoms with Gasteiger partial charge >= 0.3 is 0 Å². The highest BCUT2D eigenvalue weighted by atomic mass is 32.1. The molecule has 0 saturated carbocycles. The first-order valence-corrected chi connectivity index (χ1v) is 7.13. The standard InChI is InChI=1S/C14H19N3OS/c1-3-6-17(7-8-18)11-12-10-16(2)15-14(12)13-5-4-9-19-13/h3-5,9-10,18H,1,6-8,11H2,2H3. The first-order chi connectivity index (χ1) is 9.24. The number of aromatic nitrogens is 2. The fraction of sp³-hybridized carbons (Fsp3) is 0.357. The SMILES string of the molecule is C=CCN(CCO)Cc1cn(C)nc1-c1cccs1. The summed E-state index contributed by atoms with van der Waals surface area (Å²) in [6.45, 7) is 6.09. The smallest absolute Gasteiger partial charge is 0.107 e. The highest BCUT2D eigenvalue weighted by molar-refractivity contribution is 7.13. The van der Waals surface area contributed by atoms with E-state index < -0.39 is 0 Å². The minimum absolute atomic E-state index is 0.155. The van der Waals surface area contributed by atoms with Crippen molar-refractivity contribution in [2.75, 3.05) is 19.7 Å². The predicted octanol–water partition coefficient (Wildman–Crippen LogP) is 2.13. The van der Waals surface area contributed by atoms with Gasteiger partial charge in [0.15, 0.2) is 0 Å². The van der Waals surface area contributed by atoms with E-state index in [0.717, 1.165) is 18.8 Å². The summed E-state index contributed by atoms with van der Waals surface area (Å²) in [5, 5.41) is 15.7. The van der Waals surface area contributed by atoms with Crippen molar-refractivity contribution in [2.45, 2.75) is 6.54 Å². The van der Waals surface area contributed by atoms with E-state index in [0.29, 0.717) is 6.54 Å². The van der Waals surface area contributed by atoms with E-state index in [1.165, 1.54) is 10.4 Å². The molecule has 2 aromatic rings. The Balaban J connectivity index is 2.21.